The summed E-state index contributed by atoms with van der Waals surface area (Å²) in [5.41, 5.74) is 5.34. The number of ketones is 3. The molecule has 2 bridgehead atoms. The Morgan fingerprint density at radius 2 is 1.69 bits per heavy atom. The van der Waals surface area contributed by atoms with Gasteiger partial charge in [0, 0.05) is 54.8 Å². The van der Waals surface area contributed by atoms with E-state index in [0.717, 1.165) is 60.3 Å². The second-order valence-electron chi connectivity index (χ2n) is 14.3. The van der Waals surface area contributed by atoms with Gasteiger partial charge in [-0.25, -0.2) is 9.97 Å². The number of nitrogens with zero attached hydrogens (tertiary/aromatic N) is 7. The Morgan fingerprint density at radius 1 is 0.939 bits per heavy atom. The topological polar surface area (TPSA) is 141 Å². The largest absolute Gasteiger partial charge is 0.327 e. The maximum absolute atomic E-state index is 14.5. The summed E-state index contributed by atoms with van der Waals surface area (Å²) in [6.07, 6.45) is 10.8. The number of piperidine rings is 1. The highest BCUT2D eigenvalue weighted by atomic mass is 16.2. The Kier molecular flexibility index (Phi) is 8.71. The van der Waals surface area contributed by atoms with Crippen molar-refractivity contribution in [2.24, 2.45) is 5.41 Å². The van der Waals surface area contributed by atoms with Gasteiger partial charge >= 0.3 is 0 Å². The molecule has 11 heteroatoms. The highest BCUT2D eigenvalue weighted by Gasteiger charge is 2.66. The average Bonchev–Trinajstić information content (AvgIpc) is 3.48. The zero-order valence-corrected chi connectivity index (χ0v) is 28.8. The average molecular weight is 662 g/mol. The van der Waals surface area contributed by atoms with E-state index in [1.807, 2.05) is 39.0 Å². The first-order valence-corrected chi connectivity index (χ1v) is 17.5. The second-order valence-corrected chi connectivity index (χ2v) is 14.3. The van der Waals surface area contributed by atoms with Gasteiger partial charge < -0.3 is 4.90 Å². The van der Waals surface area contributed by atoms with E-state index in [1.165, 1.54) is 6.92 Å². The van der Waals surface area contributed by atoms with E-state index in [4.69, 9.17) is 10.1 Å². The third kappa shape index (κ3) is 6.43. The number of amides is 1. The van der Waals surface area contributed by atoms with Crippen molar-refractivity contribution < 1.29 is 19.2 Å². The molecule has 11 nitrogen and oxygen atoms in total. The van der Waals surface area contributed by atoms with Crippen LogP contribution in [0.2, 0.25) is 0 Å². The van der Waals surface area contributed by atoms with Crippen LogP contribution in [0.3, 0.4) is 0 Å². The third-order valence-electron chi connectivity index (χ3n) is 10.8. The lowest BCUT2D eigenvalue weighted by molar-refractivity contribution is -0.139. The van der Waals surface area contributed by atoms with Gasteiger partial charge in [-0.15, -0.1) is 0 Å². The van der Waals surface area contributed by atoms with Crippen LogP contribution >= 0.6 is 0 Å². The quantitative estimate of drug-likeness (QED) is 0.256. The van der Waals surface area contributed by atoms with Crippen LogP contribution in [0.25, 0.3) is 22.2 Å². The molecule has 254 valence electrons. The molecule has 4 aromatic rings. The van der Waals surface area contributed by atoms with Crippen LogP contribution in [0.5, 0.6) is 0 Å². The second kappa shape index (κ2) is 13.0. The Bertz CT molecular complexity index is 1980. The number of Topliss-reactive ketones (excluding diaryl/α,β-unsaturated/α-hetero) is 3. The van der Waals surface area contributed by atoms with Crippen molar-refractivity contribution in [1.82, 2.24) is 34.6 Å². The number of carbonyl (C=O) groups excluding carboxylic acids is 4. The summed E-state index contributed by atoms with van der Waals surface area (Å²) in [4.78, 5) is 74.6. The number of carbonyl (C=O) groups is 4. The summed E-state index contributed by atoms with van der Waals surface area (Å²) in [6.45, 7) is 7.04. The maximum atomic E-state index is 14.5. The SMILES string of the molecule is CC(=O)c1nn2c3c(nc(-c4cnc(C)nc4)cc13)CCCCCCC(=O)CC[C@@]13C[C@@H](C(=O)Cc4nc(C)ccc4C)N(C(=O)C2)[C@@H]1C3. The zero-order chi connectivity index (χ0) is 34.4. The Labute approximate surface area is 285 Å². The van der Waals surface area contributed by atoms with Crippen LogP contribution in [-0.2, 0) is 33.8 Å². The smallest absolute Gasteiger partial charge is 0.245 e. The molecule has 0 spiro atoms. The number of aryl methyl sites for hydroxylation is 4. The molecular formula is C38H43N7O4. The molecule has 6 heterocycles. The van der Waals surface area contributed by atoms with E-state index in [0.29, 0.717) is 54.5 Å². The molecule has 1 saturated carbocycles. The molecule has 3 aliphatic rings. The van der Waals surface area contributed by atoms with E-state index in [1.54, 1.807) is 22.0 Å². The molecule has 0 unspecified atom stereocenters. The minimum absolute atomic E-state index is 0.0380. The Morgan fingerprint density at radius 3 is 2.45 bits per heavy atom. The molecule has 1 aliphatic carbocycles. The number of aromatic nitrogens is 6. The summed E-state index contributed by atoms with van der Waals surface area (Å²) in [6, 6.07) is 5.03. The standard InChI is InChI=1S/C38H43N7O4/c1-22-11-12-23(2)41-30(22)16-33(48)32-17-38-14-13-27(47)9-7-5-6-8-10-29-37-28(15-31(42-29)26-19-39-25(4)40-20-26)36(24(3)46)43-44(37)21-35(49)45(32)34(38)18-38/h11-12,15,19-20,32,34H,5-10,13-14,16-18,21H2,1-4H3/t32-,34+,38-/m0/s1. The molecule has 0 radical (unpaired) electrons. The van der Waals surface area contributed by atoms with Gasteiger partial charge in [0.25, 0.3) is 0 Å². The minimum atomic E-state index is -0.609. The number of hydrogen-bond acceptors (Lipinski definition) is 9. The minimum Gasteiger partial charge on any atom is -0.327 e. The molecule has 1 amide bonds. The summed E-state index contributed by atoms with van der Waals surface area (Å²) >= 11 is 0. The van der Waals surface area contributed by atoms with Crippen LogP contribution in [0, 0.1) is 26.2 Å². The van der Waals surface area contributed by atoms with Gasteiger partial charge in [-0.3, -0.25) is 33.8 Å². The molecule has 2 fully saturated rings. The first-order chi connectivity index (χ1) is 23.5. The normalized spacial score (nSPS) is 23.0. The lowest BCUT2D eigenvalue weighted by Crippen LogP contribution is -2.45. The van der Waals surface area contributed by atoms with Crippen molar-refractivity contribution in [3.05, 3.63) is 64.8 Å². The van der Waals surface area contributed by atoms with Crippen LogP contribution in [0.15, 0.2) is 30.6 Å². The van der Waals surface area contributed by atoms with Gasteiger partial charge in [0.1, 0.15) is 23.8 Å². The van der Waals surface area contributed by atoms with Gasteiger partial charge in [0.05, 0.1) is 35.1 Å². The third-order valence-corrected chi connectivity index (χ3v) is 10.8. The predicted octanol–water partition coefficient (Wildman–Crippen LogP) is 5.44. The zero-order valence-electron chi connectivity index (χ0n) is 28.8. The summed E-state index contributed by atoms with van der Waals surface area (Å²) in [5, 5.41) is 5.37. The van der Waals surface area contributed by atoms with E-state index in [2.05, 4.69) is 15.0 Å². The highest BCUT2D eigenvalue weighted by Crippen LogP contribution is 2.62. The first-order valence-electron chi connectivity index (χ1n) is 17.5. The number of pyridine rings is 2. The fourth-order valence-corrected chi connectivity index (χ4v) is 7.97. The highest BCUT2D eigenvalue weighted by molar-refractivity contribution is 6.06. The number of hydrogen-bond donors (Lipinski definition) is 0. The molecule has 3 atom stereocenters. The fourth-order valence-electron chi connectivity index (χ4n) is 7.97. The molecule has 49 heavy (non-hydrogen) atoms. The molecule has 7 rings (SSSR count). The van der Waals surface area contributed by atoms with Crippen LogP contribution in [0.1, 0.15) is 104 Å². The summed E-state index contributed by atoms with van der Waals surface area (Å²) in [5.74, 6) is 0.442. The molecule has 0 aromatic carbocycles. The Balaban J connectivity index is 1.29. The van der Waals surface area contributed by atoms with Crippen molar-refractivity contribution in [3.63, 3.8) is 0 Å². The van der Waals surface area contributed by atoms with E-state index in [-0.39, 0.29) is 53.4 Å². The molecular weight excluding hydrogens is 618 g/mol. The first kappa shape index (κ1) is 32.9. The van der Waals surface area contributed by atoms with Crippen LogP contribution in [0.4, 0.5) is 0 Å². The van der Waals surface area contributed by atoms with Gasteiger partial charge in [-0.05, 0) is 82.4 Å². The van der Waals surface area contributed by atoms with E-state index in [9.17, 15) is 19.2 Å². The van der Waals surface area contributed by atoms with Crippen LogP contribution in [-0.4, -0.2) is 70.0 Å². The predicted molar refractivity (Wildman–Crippen MR) is 183 cm³/mol. The maximum Gasteiger partial charge on any atom is 0.245 e. The summed E-state index contributed by atoms with van der Waals surface area (Å²) in [7, 11) is 0. The molecule has 1 saturated heterocycles. The van der Waals surface area contributed by atoms with Gasteiger partial charge in [0.2, 0.25) is 5.91 Å². The van der Waals surface area contributed by atoms with Gasteiger partial charge in [0.15, 0.2) is 11.6 Å². The van der Waals surface area contributed by atoms with Crippen molar-refractivity contribution in [1.29, 1.82) is 0 Å². The van der Waals surface area contributed by atoms with Crippen LogP contribution < -0.4 is 0 Å². The van der Waals surface area contributed by atoms with Crippen molar-refractivity contribution in [3.8, 4) is 11.3 Å². The lowest BCUT2D eigenvalue weighted by atomic mass is 9.90. The van der Waals surface area contributed by atoms with Crippen molar-refractivity contribution >= 4 is 34.2 Å². The van der Waals surface area contributed by atoms with Crippen molar-refractivity contribution in [2.75, 3.05) is 0 Å². The van der Waals surface area contributed by atoms with E-state index < -0.39 is 6.04 Å². The molecule has 2 aliphatic heterocycles. The summed E-state index contributed by atoms with van der Waals surface area (Å²) < 4.78 is 1.63. The van der Waals surface area contributed by atoms with E-state index >= 15 is 0 Å². The fraction of sp³-hybridized carbons (Fsp3) is 0.500. The monoisotopic (exact) mass is 661 g/mol. The molecule has 0 N–H and O–H groups in total. The number of rotatable bonds is 5. The van der Waals surface area contributed by atoms with Crippen molar-refractivity contribution in [2.45, 2.75) is 117 Å². The molecule has 4 aromatic heterocycles. The lowest BCUT2D eigenvalue weighted by Gasteiger charge is -2.27. The van der Waals surface area contributed by atoms with Gasteiger partial charge in [-0.2, -0.15) is 5.10 Å². The van der Waals surface area contributed by atoms with Gasteiger partial charge in [-0.1, -0.05) is 18.9 Å². The Hall–Kier alpha value is -4.67.